The number of nitrogens with one attached hydrogen (secondary N) is 1. The van der Waals surface area contributed by atoms with Crippen LogP contribution in [0.2, 0.25) is 0 Å². The summed E-state index contributed by atoms with van der Waals surface area (Å²) in [5, 5.41) is 9.99. The summed E-state index contributed by atoms with van der Waals surface area (Å²) in [6, 6.07) is -4.89. The summed E-state index contributed by atoms with van der Waals surface area (Å²) < 4.78 is 74.6. The van der Waals surface area contributed by atoms with Crippen LogP contribution in [0.4, 0.5) is 31.1 Å². The van der Waals surface area contributed by atoms with E-state index in [1.54, 1.807) is 0 Å². The molecule has 2 radical (unpaired) electrons. The van der Waals surface area contributed by atoms with Gasteiger partial charge < -0.3 is 20.9 Å². The molecule has 4 N–H and O–H groups in total. The molecular formula is C10H16BClF6N2O4. The summed E-state index contributed by atoms with van der Waals surface area (Å²) in [6.07, 6.45) is -9.44. The van der Waals surface area contributed by atoms with E-state index in [4.69, 9.17) is 5.11 Å². The summed E-state index contributed by atoms with van der Waals surface area (Å²) in [5.74, 6) is -3.07. The van der Waals surface area contributed by atoms with Crippen molar-refractivity contribution >= 4 is 32.0 Å². The number of hydrogen-bond acceptors (Lipinski definition) is 5. The van der Waals surface area contributed by atoms with Gasteiger partial charge in [-0.05, 0) is 13.8 Å². The van der Waals surface area contributed by atoms with Gasteiger partial charge in [0.1, 0.15) is 6.04 Å². The zero-order chi connectivity index (χ0) is 19.2. The van der Waals surface area contributed by atoms with E-state index in [2.05, 4.69) is 18.3 Å². The molecule has 0 aliphatic heterocycles. The largest absolute Gasteiger partial charge is 0.467 e. The number of aliphatic hydroxyl groups is 1. The predicted molar refractivity (Wildman–Crippen MR) is 73.7 cm³/mol. The van der Waals surface area contributed by atoms with Crippen LogP contribution >= 0.6 is 12.4 Å². The zero-order valence-corrected chi connectivity index (χ0v) is 13.5. The Morgan fingerprint density at radius 3 is 1.62 bits per heavy atom. The number of amides is 1. The second-order valence-electron chi connectivity index (χ2n) is 4.68. The normalized spacial score (nSPS) is 14.3. The second-order valence-corrected chi connectivity index (χ2v) is 4.68. The monoisotopic (exact) mass is 388 g/mol. The molecule has 14 heteroatoms. The SMILES string of the molecule is CC(C)(O)C(N)C(F)(F)F.Cl.[B]C(=O)NC(C(=O)OC)C(F)(F)F. The number of esters is 1. The van der Waals surface area contributed by atoms with Gasteiger partial charge in [-0.2, -0.15) is 26.3 Å². The molecule has 0 aromatic rings. The third kappa shape index (κ3) is 11.3. The van der Waals surface area contributed by atoms with Gasteiger partial charge in [-0.3, -0.25) is 4.79 Å². The average Bonchev–Trinajstić information content (AvgIpc) is 2.31. The lowest BCUT2D eigenvalue weighted by molar-refractivity contribution is -0.185. The summed E-state index contributed by atoms with van der Waals surface area (Å²) in [5.41, 5.74) is 2.75. The van der Waals surface area contributed by atoms with E-state index in [0.717, 1.165) is 21.0 Å². The van der Waals surface area contributed by atoms with E-state index in [1.165, 1.54) is 5.32 Å². The highest BCUT2D eigenvalue weighted by Crippen LogP contribution is 2.25. The summed E-state index contributed by atoms with van der Waals surface area (Å²) in [7, 11) is 5.19. The zero-order valence-electron chi connectivity index (χ0n) is 12.7. The molecule has 142 valence electrons. The van der Waals surface area contributed by atoms with Crippen molar-refractivity contribution in [3.8, 4) is 0 Å². The van der Waals surface area contributed by atoms with Gasteiger partial charge in [0.05, 0.1) is 12.7 Å². The van der Waals surface area contributed by atoms with Crippen molar-refractivity contribution in [1.29, 1.82) is 0 Å². The fraction of sp³-hybridized carbons (Fsp3) is 0.800. The average molecular weight is 389 g/mol. The quantitative estimate of drug-likeness (QED) is 0.381. The van der Waals surface area contributed by atoms with Crippen molar-refractivity contribution < 1.29 is 45.8 Å². The topological polar surface area (TPSA) is 102 Å². The Kier molecular flexibility index (Phi) is 11.4. The molecule has 0 saturated carbocycles. The molecule has 0 aromatic carbocycles. The Morgan fingerprint density at radius 1 is 1.12 bits per heavy atom. The van der Waals surface area contributed by atoms with Crippen LogP contribution in [0.25, 0.3) is 0 Å². The highest BCUT2D eigenvalue weighted by molar-refractivity contribution is 6.57. The van der Waals surface area contributed by atoms with E-state index in [-0.39, 0.29) is 12.4 Å². The van der Waals surface area contributed by atoms with Crippen LogP contribution in [0, 0.1) is 0 Å². The molecule has 6 nitrogen and oxygen atoms in total. The lowest BCUT2D eigenvalue weighted by atomic mass is 10.00. The van der Waals surface area contributed by atoms with Gasteiger partial charge in [-0.15, -0.1) is 12.4 Å². The summed E-state index contributed by atoms with van der Waals surface area (Å²) in [4.78, 5) is 20.6. The Labute approximate surface area is 140 Å². The van der Waals surface area contributed by atoms with Crippen molar-refractivity contribution in [2.45, 2.75) is 43.9 Å². The summed E-state index contributed by atoms with van der Waals surface area (Å²) in [6.45, 7) is 2.04. The number of ether oxygens (including phenoxy) is 1. The van der Waals surface area contributed by atoms with Crippen LogP contribution in [-0.2, 0) is 9.53 Å². The van der Waals surface area contributed by atoms with E-state index in [1.807, 2.05) is 0 Å². The molecule has 2 atom stereocenters. The molecular weight excluding hydrogens is 372 g/mol. The van der Waals surface area contributed by atoms with Gasteiger partial charge in [-0.25, -0.2) is 4.79 Å². The van der Waals surface area contributed by atoms with Crippen LogP contribution in [0.1, 0.15) is 13.8 Å². The number of alkyl halides is 6. The number of rotatable bonds is 3. The minimum atomic E-state index is -4.91. The minimum absolute atomic E-state index is 0. The van der Waals surface area contributed by atoms with Gasteiger partial charge >= 0.3 is 18.3 Å². The number of carbonyl (C=O) groups is 2. The first-order chi connectivity index (χ1) is 9.94. The number of carbonyl (C=O) groups excluding carboxylic acids is 2. The molecule has 1 amide bonds. The van der Waals surface area contributed by atoms with Crippen LogP contribution in [-0.4, -0.2) is 61.9 Å². The molecule has 0 aliphatic rings. The Hall–Kier alpha value is -1.21. The van der Waals surface area contributed by atoms with Gasteiger partial charge in [0.25, 0.3) is 0 Å². The molecule has 2 unspecified atom stereocenters. The summed E-state index contributed by atoms with van der Waals surface area (Å²) >= 11 is 0. The third-order valence-corrected chi connectivity index (χ3v) is 2.16. The van der Waals surface area contributed by atoms with Gasteiger partial charge in [-0.1, -0.05) is 0 Å². The number of halogens is 7. The van der Waals surface area contributed by atoms with Gasteiger partial charge in [0.2, 0.25) is 13.9 Å². The third-order valence-electron chi connectivity index (χ3n) is 2.16. The Balaban J connectivity index is -0.000000364. The first-order valence-electron chi connectivity index (χ1n) is 5.69. The molecule has 0 fully saturated rings. The minimum Gasteiger partial charge on any atom is -0.467 e. The van der Waals surface area contributed by atoms with Gasteiger partial charge in [0, 0.05) is 0 Å². The number of methoxy groups -OCH3 is 1. The van der Waals surface area contributed by atoms with Crippen molar-refractivity contribution in [2.24, 2.45) is 5.73 Å². The lowest BCUT2D eigenvalue weighted by Gasteiger charge is -2.27. The smallest absolute Gasteiger partial charge is 0.419 e. The Bertz CT molecular complexity index is 400. The number of hydrogen-bond donors (Lipinski definition) is 3. The second kappa shape index (κ2) is 9.94. The molecule has 0 aromatic heterocycles. The van der Waals surface area contributed by atoms with E-state index >= 15 is 0 Å². The maximum absolute atomic E-state index is 11.9. The predicted octanol–water partition coefficient (Wildman–Crippen LogP) is 1.04. The maximum atomic E-state index is 11.9. The van der Waals surface area contributed by atoms with Crippen LogP contribution < -0.4 is 11.1 Å². The highest BCUT2D eigenvalue weighted by Gasteiger charge is 2.46. The molecule has 0 rings (SSSR count). The molecule has 0 spiro atoms. The Morgan fingerprint density at radius 2 is 1.50 bits per heavy atom. The van der Waals surface area contributed by atoms with E-state index in [0.29, 0.717) is 0 Å². The molecule has 0 saturated heterocycles. The van der Waals surface area contributed by atoms with Crippen molar-refractivity contribution in [3.63, 3.8) is 0 Å². The van der Waals surface area contributed by atoms with Gasteiger partial charge in [0.15, 0.2) is 5.81 Å². The fourth-order valence-electron chi connectivity index (χ4n) is 0.935. The lowest BCUT2D eigenvalue weighted by Crippen LogP contribution is -2.52. The molecule has 24 heavy (non-hydrogen) atoms. The van der Waals surface area contributed by atoms with E-state index < -0.39 is 41.8 Å². The first-order valence-corrected chi connectivity index (χ1v) is 5.69. The molecule has 0 aliphatic carbocycles. The first kappa shape index (κ1) is 27.6. The number of nitrogens with two attached hydrogens (primary N) is 1. The standard InChI is InChI=1S/C5H5BF3NO3.C5H10F3NO.ClH/c1-13-3(11)2(5(7,8)9)10-4(6)12;1-4(2,10)3(9)5(6,7)8;/h2H,1H3,(H,10,12);3,10H,9H2,1-2H3;1H. The van der Waals surface area contributed by atoms with Crippen molar-refractivity contribution in [1.82, 2.24) is 5.32 Å². The maximum Gasteiger partial charge on any atom is 0.419 e. The fourth-order valence-corrected chi connectivity index (χ4v) is 0.935. The van der Waals surface area contributed by atoms with Crippen LogP contribution in [0.3, 0.4) is 0 Å². The molecule has 0 heterocycles. The van der Waals surface area contributed by atoms with Crippen LogP contribution in [0.5, 0.6) is 0 Å². The van der Waals surface area contributed by atoms with Crippen LogP contribution in [0.15, 0.2) is 0 Å². The van der Waals surface area contributed by atoms with E-state index in [9.17, 15) is 35.9 Å². The van der Waals surface area contributed by atoms with Crippen molar-refractivity contribution in [3.05, 3.63) is 0 Å². The molecule has 0 bridgehead atoms. The van der Waals surface area contributed by atoms with Crippen molar-refractivity contribution in [2.75, 3.05) is 7.11 Å². The highest BCUT2D eigenvalue weighted by atomic mass is 35.5.